The maximum Gasteiger partial charge on any atom is 0.293 e. The van der Waals surface area contributed by atoms with Crippen molar-refractivity contribution in [3.63, 3.8) is 0 Å². The molecule has 20 heavy (non-hydrogen) atoms. The molecule has 1 aromatic carbocycles. The van der Waals surface area contributed by atoms with Crippen LogP contribution in [0.5, 0.6) is 5.75 Å². The van der Waals surface area contributed by atoms with Crippen LogP contribution in [0.4, 0.5) is 5.69 Å². The predicted octanol–water partition coefficient (Wildman–Crippen LogP) is 0.653. The molecule has 112 valence electrons. The molecule has 0 fully saturated rings. The number of nitrogens with one attached hydrogen (secondary N) is 1. The zero-order valence-corrected chi connectivity index (χ0v) is 11.9. The molecular weight excluding hydrogens is 288 g/mol. The Labute approximate surface area is 116 Å². The number of methoxy groups -OCH3 is 1. The first-order valence-corrected chi connectivity index (χ1v) is 7.30. The van der Waals surface area contributed by atoms with Gasteiger partial charge in [-0.1, -0.05) is 6.92 Å². The van der Waals surface area contributed by atoms with E-state index in [9.17, 15) is 23.6 Å². The Kier molecular flexibility index (Phi) is 5.43. The number of nitro groups is 1. The summed E-state index contributed by atoms with van der Waals surface area (Å²) in [5, 5.41) is 20.3. The van der Waals surface area contributed by atoms with Crippen molar-refractivity contribution >= 4 is 15.7 Å². The summed E-state index contributed by atoms with van der Waals surface area (Å²) in [5.41, 5.74) is -0.581. The Morgan fingerprint density at radius 3 is 2.65 bits per heavy atom. The molecule has 0 amide bonds. The van der Waals surface area contributed by atoms with Gasteiger partial charge in [-0.25, -0.2) is 13.1 Å². The van der Waals surface area contributed by atoms with Crippen LogP contribution >= 0.6 is 0 Å². The van der Waals surface area contributed by atoms with Crippen molar-refractivity contribution in [2.24, 2.45) is 0 Å². The highest BCUT2D eigenvalue weighted by molar-refractivity contribution is 7.89. The maximum atomic E-state index is 12.0. The van der Waals surface area contributed by atoms with Crippen LogP contribution < -0.4 is 9.46 Å². The summed E-state index contributed by atoms with van der Waals surface area (Å²) in [6.07, 6.45) is -0.477. The molecule has 1 rings (SSSR count). The van der Waals surface area contributed by atoms with Crippen molar-refractivity contribution in [3.8, 4) is 5.75 Å². The van der Waals surface area contributed by atoms with Crippen LogP contribution in [0.3, 0.4) is 0 Å². The van der Waals surface area contributed by atoms with E-state index in [1.807, 2.05) is 0 Å². The summed E-state index contributed by atoms with van der Waals surface area (Å²) in [4.78, 5) is 9.67. The van der Waals surface area contributed by atoms with E-state index in [1.165, 1.54) is 13.2 Å². The van der Waals surface area contributed by atoms with Gasteiger partial charge < -0.3 is 9.84 Å². The van der Waals surface area contributed by atoms with Crippen LogP contribution in [0.1, 0.15) is 13.3 Å². The molecule has 0 aliphatic heterocycles. The van der Waals surface area contributed by atoms with E-state index < -0.39 is 31.6 Å². The van der Waals surface area contributed by atoms with Gasteiger partial charge in [0.25, 0.3) is 5.69 Å². The van der Waals surface area contributed by atoms with Gasteiger partial charge in [0.1, 0.15) is 5.75 Å². The van der Waals surface area contributed by atoms with Gasteiger partial charge in [-0.3, -0.25) is 10.1 Å². The summed E-state index contributed by atoms with van der Waals surface area (Å²) in [6, 6.07) is 3.44. The highest BCUT2D eigenvalue weighted by Crippen LogP contribution is 2.28. The molecule has 0 radical (unpaired) electrons. The van der Waals surface area contributed by atoms with E-state index in [1.54, 1.807) is 6.92 Å². The fraction of sp³-hybridized carbons (Fsp3) is 0.455. The number of rotatable bonds is 7. The smallest absolute Gasteiger partial charge is 0.293 e. The molecule has 0 aliphatic rings. The first-order valence-electron chi connectivity index (χ1n) is 5.82. The predicted molar refractivity (Wildman–Crippen MR) is 71.1 cm³/mol. The number of nitrogens with zero attached hydrogens (tertiary/aromatic N) is 1. The third-order valence-electron chi connectivity index (χ3n) is 2.63. The Balaban J connectivity index is 3.14. The van der Waals surface area contributed by atoms with Crippen molar-refractivity contribution in [3.05, 3.63) is 28.3 Å². The first-order chi connectivity index (χ1) is 9.31. The second-order valence-corrected chi connectivity index (χ2v) is 5.74. The van der Waals surface area contributed by atoms with Crippen LogP contribution in [0.25, 0.3) is 0 Å². The Hall–Kier alpha value is -1.71. The minimum atomic E-state index is -4.07. The van der Waals surface area contributed by atoms with Gasteiger partial charge in [-0.2, -0.15) is 0 Å². The van der Waals surface area contributed by atoms with Crippen LogP contribution in [0, 0.1) is 10.1 Å². The van der Waals surface area contributed by atoms with E-state index in [0.29, 0.717) is 6.42 Å². The van der Waals surface area contributed by atoms with Gasteiger partial charge in [0.2, 0.25) is 10.0 Å². The molecule has 1 unspecified atom stereocenters. The van der Waals surface area contributed by atoms with Crippen LogP contribution in [0.15, 0.2) is 23.1 Å². The fourth-order valence-corrected chi connectivity index (χ4v) is 2.65. The van der Waals surface area contributed by atoms with Crippen molar-refractivity contribution in [1.82, 2.24) is 4.72 Å². The second kappa shape index (κ2) is 6.64. The zero-order chi connectivity index (χ0) is 15.3. The standard InChI is InChI=1S/C11H16N2O6S/c1-3-8(14)7-12-20(17,18)11-5-4-9(19-2)6-10(11)13(15)16/h4-6,8,12,14H,3,7H2,1-2H3. The SMILES string of the molecule is CCC(O)CNS(=O)(=O)c1ccc(OC)cc1[N+](=O)[O-]. The first kappa shape index (κ1) is 16.3. The maximum absolute atomic E-state index is 12.0. The molecule has 0 bridgehead atoms. The van der Waals surface area contributed by atoms with E-state index in [2.05, 4.69) is 4.72 Å². The summed E-state index contributed by atoms with van der Waals surface area (Å²) in [5.74, 6) is 0.184. The average Bonchev–Trinajstić information content (AvgIpc) is 2.43. The third kappa shape index (κ3) is 3.89. The Morgan fingerprint density at radius 2 is 2.15 bits per heavy atom. The summed E-state index contributed by atoms with van der Waals surface area (Å²) in [7, 11) is -2.75. The molecule has 1 aromatic rings. The Bertz CT molecular complexity index is 587. The number of ether oxygens (including phenoxy) is 1. The highest BCUT2D eigenvalue weighted by atomic mass is 32.2. The number of nitro benzene ring substituents is 1. The van der Waals surface area contributed by atoms with Gasteiger partial charge in [0.05, 0.1) is 24.2 Å². The van der Waals surface area contributed by atoms with Crippen LogP contribution in [-0.4, -0.2) is 38.2 Å². The molecule has 0 aliphatic carbocycles. The quantitative estimate of drug-likeness (QED) is 0.564. The van der Waals surface area contributed by atoms with Crippen molar-refractivity contribution in [2.75, 3.05) is 13.7 Å². The van der Waals surface area contributed by atoms with Gasteiger partial charge in [-0.15, -0.1) is 0 Å². The van der Waals surface area contributed by atoms with Gasteiger partial charge in [0.15, 0.2) is 4.90 Å². The number of hydrogen-bond acceptors (Lipinski definition) is 6. The van der Waals surface area contributed by atoms with Crippen molar-refractivity contribution < 1.29 is 23.2 Å². The average molecular weight is 304 g/mol. The summed E-state index contributed by atoms with van der Waals surface area (Å²) >= 11 is 0. The van der Waals surface area contributed by atoms with Crippen LogP contribution in [0.2, 0.25) is 0 Å². The van der Waals surface area contributed by atoms with Gasteiger partial charge >= 0.3 is 0 Å². The summed E-state index contributed by atoms with van der Waals surface area (Å²) in [6.45, 7) is 1.48. The zero-order valence-electron chi connectivity index (χ0n) is 11.1. The van der Waals surface area contributed by atoms with Crippen molar-refractivity contribution in [2.45, 2.75) is 24.3 Å². The van der Waals surface area contributed by atoms with E-state index in [4.69, 9.17) is 4.74 Å². The number of sulfonamides is 1. The summed E-state index contributed by atoms with van der Waals surface area (Å²) < 4.78 is 31.0. The van der Waals surface area contributed by atoms with Crippen molar-refractivity contribution in [1.29, 1.82) is 0 Å². The minimum Gasteiger partial charge on any atom is -0.497 e. The number of hydrogen-bond donors (Lipinski definition) is 2. The molecule has 0 saturated carbocycles. The third-order valence-corrected chi connectivity index (χ3v) is 4.10. The highest BCUT2D eigenvalue weighted by Gasteiger charge is 2.26. The van der Waals surface area contributed by atoms with E-state index in [0.717, 1.165) is 12.1 Å². The largest absolute Gasteiger partial charge is 0.497 e. The normalized spacial score (nSPS) is 12.9. The number of benzene rings is 1. The lowest BCUT2D eigenvalue weighted by Crippen LogP contribution is -2.32. The lowest BCUT2D eigenvalue weighted by Gasteiger charge is -2.11. The molecule has 0 heterocycles. The van der Waals surface area contributed by atoms with Gasteiger partial charge in [0, 0.05) is 6.54 Å². The lowest BCUT2D eigenvalue weighted by molar-refractivity contribution is -0.387. The number of aliphatic hydroxyl groups is 1. The Morgan fingerprint density at radius 1 is 1.50 bits per heavy atom. The lowest BCUT2D eigenvalue weighted by atomic mass is 10.3. The topological polar surface area (TPSA) is 119 Å². The second-order valence-electron chi connectivity index (χ2n) is 4.00. The van der Waals surface area contributed by atoms with Gasteiger partial charge in [-0.05, 0) is 18.6 Å². The molecule has 0 saturated heterocycles. The molecule has 8 nitrogen and oxygen atoms in total. The monoisotopic (exact) mass is 304 g/mol. The molecular formula is C11H16N2O6S. The van der Waals surface area contributed by atoms with E-state index >= 15 is 0 Å². The molecule has 1 atom stereocenters. The molecule has 9 heteroatoms. The minimum absolute atomic E-state index is 0.184. The molecule has 0 spiro atoms. The molecule has 2 N–H and O–H groups in total. The fourth-order valence-electron chi connectivity index (χ4n) is 1.42. The molecule has 0 aromatic heterocycles. The van der Waals surface area contributed by atoms with E-state index in [-0.39, 0.29) is 12.3 Å². The number of aliphatic hydroxyl groups excluding tert-OH is 1. The van der Waals surface area contributed by atoms with Crippen LogP contribution in [-0.2, 0) is 10.0 Å².